The lowest BCUT2D eigenvalue weighted by Gasteiger charge is -2.08. The van der Waals surface area contributed by atoms with Crippen molar-refractivity contribution in [2.75, 3.05) is 13.2 Å². The molecule has 0 aromatic rings. The third kappa shape index (κ3) is 6.97. The molecule has 0 aromatic heterocycles. The Morgan fingerprint density at radius 2 is 1.00 bits per heavy atom. The van der Waals surface area contributed by atoms with E-state index in [9.17, 15) is 35.9 Å². The zero-order valence-corrected chi connectivity index (χ0v) is 8.73. The highest BCUT2D eigenvalue weighted by Crippen LogP contribution is 2.17. The molecule has 0 spiro atoms. The van der Waals surface area contributed by atoms with Crippen molar-refractivity contribution < 1.29 is 45.4 Å². The van der Waals surface area contributed by atoms with Gasteiger partial charge in [0.15, 0.2) is 0 Å². The molecular weight excluding hydrogens is 274 g/mol. The monoisotopic (exact) mass is 282 g/mol. The maximum Gasteiger partial charge on any atom is 0.490 e. The Balaban J connectivity index is 3.60. The van der Waals surface area contributed by atoms with Crippen LogP contribution in [0, 0.1) is 0 Å². The average molecular weight is 282 g/mol. The van der Waals surface area contributed by atoms with Gasteiger partial charge in [-0.05, 0) is 12.8 Å². The third-order valence-corrected chi connectivity index (χ3v) is 1.47. The normalized spacial score (nSPS) is 12.1. The summed E-state index contributed by atoms with van der Waals surface area (Å²) in [6, 6.07) is 0. The summed E-state index contributed by atoms with van der Waals surface area (Å²) >= 11 is 0. The molecule has 18 heavy (non-hydrogen) atoms. The summed E-state index contributed by atoms with van der Waals surface area (Å²) < 4.78 is 77.1. The van der Waals surface area contributed by atoms with Gasteiger partial charge in [-0.3, -0.25) is 0 Å². The Labute approximate surface area is 96.8 Å². The highest BCUT2D eigenvalue weighted by Gasteiger charge is 2.41. The summed E-state index contributed by atoms with van der Waals surface area (Å²) in [5, 5.41) is 0. The minimum atomic E-state index is -5.11. The van der Waals surface area contributed by atoms with E-state index in [2.05, 4.69) is 9.47 Å². The molecule has 0 fully saturated rings. The van der Waals surface area contributed by atoms with Gasteiger partial charge >= 0.3 is 24.3 Å². The van der Waals surface area contributed by atoms with Gasteiger partial charge in [0.05, 0.1) is 13.2 Å². The van der Waals surface area contributed by atoms with Gasteiger partial charge in [-0.2, -0.15) is 26.3 Å². The number of carbonyl (C=O) groups is 2. The molecule has 0 saturated heterocycles. The molecular formula is C8H8F6O4. The van der Waals surface area contributed by atoms with Crippen molar-refractivity contribution >= 4 is 11.9 Å². The molecule has 0 saturated carbocycles. The van der Waals surface area contributed by atoms with E-state index in [1.807, 2.05) is 0 Å². The number of esters is 2. The summed E-state index contributed by atoms with van der Waals surface area (Å²) in [6.07, 6.45) is -10.5. The molecule has 10 heteroatoms. The number of hydrogen-bond donors (Lipinski definition) is 0. The number of ether oxygens (including phenoxy) is 2. The topological polar surface area (TPSA) is 52.6 Å². The Kier molecular flexibility index (Phi) is 5.92. The fraction of sp³-hybridized carbons (Fsp3) is 0.750. The Hall–Kier alpha value is -1.48. The van der Waals surface area contributed by atoms with Crippen molar-refractivity contribution in [3.05, 3.63) is 0 Å². The van der Waals surface area contributed by atoms with Crippen LogP contribution in [0.25, 0.3) is 0 Å². The Bertz CT molecular complexity index is 265. The van der Waals surface area contributed by atoms with E-state index in [1.54, 1.807) is 0 Å². The number of rotatable bonds is 5. The first-order valence-corrected chi connectivity index (χ1v) is 4.53. The van der Waals surface area contributed by atoms with E-state index in [-0.39, 0.29) is 12.8 Å². The molecule has 0 aromatic carbocycles. The molecule has 0 aliphatic rings. The van der Waals surface area contributed by atoms with Gasteiger partial charge in [0.25, 0.3) is 0 Å². The standard InChI is InChI=1S/C8H8F6O4/c9-7(10,11)5(15)17-3-1-2-4-18-6(16)8(12,13)14/h1-4H2. The molecule has 0 unspecified atom stereocenters. The first-order valence-electron chi connectivity index (χ1n) is 4.53. The quantitative estimate of drug-likeness (QED) is 0.439. The van der Waals surface area contributed by atoms with E-state index in [4.69, 9.17) is 0 Å². The number of hydrogen-bond acceptors (Lipinski definition) is 4. The van der Waals surface area contributed by atoms with Crippen LogP contribution in [-0.4, -0.2) is 37.5 Å². The van der Waals surface area contributed by atoms with Gasteiger partial charge in [-0.25, -0.2) is 9.59 Å². The van der Waals surface area contributed by atoms with Gasteiger partial charge in [0.1, 0.15) is 0 Å². The zero-order valence-electron chi connectivity index (χ0n) is 8.73. The molecule has 0 rings (SSSR count). The number of halogens is 6. The summed E-state index contributed by atoms with van der Waals surface area (Å²) in [5.74, 6) is -4.76. The van der Waals surface area contributed by atoms with Gasteiger partial charge in [0, 0.05) is 0 Å². The van der Waals surface area contributed by atoms with E-state index in [0.717, 1.165) is 0 Å². The van der Waals surface area contributed by atoms with E-state index >= 15 is 0 Å². The second-order valence-corrected chi connectivity index (χ2v) is 2.97. The lowest BCUT2D eigenvalue weighted by atomic mass is 10.3. The van der Waals surface area contributed by atoms with E-state index in [0.29, 0.717) is 0 Å². The minimum absolute atomic E-state index is 0.160. The average Bonchev–Trinajstić information content (AvgIpc) is 2.19. The molecule has 0 radical (unpaired) electrons. The smallest absolute Gasteiger partial charge is 0.459 e. The second kappa shape index (κ2) is 6.45. The van der Waals surface area contributed by atoms with Crippen molar-refractivity contribution in [1.82, 2.24) is 0 Å². The highest BCUT2D eigenvalue weighted by atomic mass is 19.4. The van der Waals surface area contributed by atoms with Gasteiger partial charge < -0.3 is 9.47 Å². The summed E-state index contributed by atoms with van der Waals surface area (Å²) in [4.78, 5) is 20.3. The molecule has 0 heterocycles. The first kappa shape index (κ1) is 16.5. The van der Waals surface area contributed by atoms with Gasteiger partial charge in [-0.1, -0.05) is 0 Å². The predicted octanol–water partition coefficient (Wildman–Crippen LogP) is 1.98. The highest BCUT2D eigenvalue weighted by molar-refractivity contribution is 5.75. The maximum atomic E-state index is 11.6. The van der Waals surface area contributed by atoms with Gasteiger partial charge in [0.2, 0.25) is 0 Å². The molecule has 106 valence electrons. The summed E-state index contributed by atoms with van der Waals surface area (Å²) in [7, 11) is 0. The number of alkyl halides is 6. The number of carbonyl (C=O) groups excluding carboxylic acids is 2. The second-order valence-electron chi connectivity index (χ2n) is 2.97. The van der Waals surface area contributed by atoms with Crippen LogP contribution < -0.4 is 0 Å². The van der Waals surface area contributed by atoms with E-state index < -0.39 is 37.5 Å². The minimum Gasteiger partial charge on any atom is -0.459 e. The third-order valence-electron chi connectivity index (χ3n) is 1.47. The van der Waals surface area contributed by atoms with Crippen LogP contribution in [0.1, 0.15) is 12.8 Å². The van der Waals surface area contributed by atoms with Crippen LogP contribution in [0.15, 0.2) is 0 Å². The molecule has 4 nitrogen and oxygen atoms in total. The summed E-state index contributed by atoms with van der Waals surface area (Å²) in [5.41, 5.74) is 0. The largest absolute Gasteiger partial charge is 0.490 e. The van der Waals surface area contributed by atoms with Crippen molar-refractivity contribution in [3.63, 3.8) is 0 Å². The van der Waals surface area contributed by atoms with Crippen LogP contribution in [0.3, 0.4) is 0 Å². The molecule has 0 atom stereocenters. The van der Waals surface area contributed by atoms with Crippen molar-refractivity contribution in [1.29, 1.82) is 0 Å². The van der Waals surface area contributed by atoms with Crippen LogP contribution >= 0.6 is 0 Å². The maximum absolute atomic E-state index is 11.6. The van der Waals surface area contributed by atoms with Crippen molar-refractivity contribution in [3.8, 4) is 0 Å². The zero-order chi connectivity index (χ0) is 14.4. The Morgan fingerprint density at radius 3 is 1.22 bits per heavy atom. The molecule has 0 aliphatic heterocycles. The summed E-state index contributed by atoms with van der Waals surface area (Å²) in [6.45, 7) is -1.25. The molecule has 0 amide bonds. The fourth-order valence-corrected chi connectivity index (χ4v) is 0.698. The lowest BCUT2D eigenvalue weighted by molar-refractivity contribution is -0.201. The number of unbranched alkanes of at least 4 members (excludes halogenated alkanes) is 1. The molecule has 0 aliphatic carbocycles. The van der Waals surface area contributed by atoms with Crippen molar-refractivity contribution in [2.24, 2.45) is 0 Å². The van der Waals surface area contributed by atoms with E-state index in [1.165, 1.54) is 0 Å². The van der Waals surface area contributed by atoms with Gasteiger partial charge in [-0.15, -0.1) is 0 Å². The van der Waals surface area contributed by atoms with Crippen LogP contribution in [0.2, 0.25) is 0 Å². The van der Waals surface area contributed by atoms with Crippen LogP contribution in [0.5, 0.6) is 0 Å². The molecule has 0 bridgehead atoms. The Morgan fingerprint density at radius 1 is 0.722 bits per heavy atom. The van der Waals surface area contributed by atoms with Crippen molar-refractivity contribution in [2.45, 2.75) is 25.2 Å². The van der Waals surface area contributed by atoms with Crippen LogP contribution in [-0.2, 0) is 19.1 Å². The predicted molar refractivity (Wildman–Crippen MR) is 43.3 cm³/mol. The van der Waals surface area contributed by atoms with Crippen LogP contribution in [0.4, 0.5) is 26.3 Å². The first-order chi connectivity index (χ1) is 8.05. The lowest BCUT2D eigenvalue weighted by Crippen LogP contribution is -2.26. The SMILES string of the molecule is O=C(OCCCCOC(=O)C(F)(F)F)C(F)(F)F. The molecule has 0 N–H and O–H groups in total. The fourth-order valence-electron chi connectivity index (χ4n) is 0.698.